The van der Waals surface area contributed by atoms with Crippen LogP contribution in [0.4, 0.5) is 17.6 Å². The van der Waals surface area contributed by atoms with Gasteiger partial charge in [-0.2, -0.15) is 0 Å². The lowest BCUT2D eigenvalue weighted by atomic mass is 10.2. The van der Waals surface area contributed by atoms with Crippen molar-refractivity contribution in [3.8, 4) is 11.5 Å². The number of hydrogen-bond donors (Lipinski definition) is 3. The molecule has 0 fully saturated rings. The molecule has 2 rings (SSSR count). The van der Waals surface area contributed by atoms with E-state index in [0.29, 0.717) is 17.6 Å². The van der Waals surface area contributed by atoms with Crippen LogP contribution in [0.5, 0.6) is 11.5 Å². The summed E-state index contributed by atoms with van der Waals surface area (Å²) in [7, 11) is 5.40. The highest BCUT2D eigenvalue weighted by atomic mass is 16.3. The minimum Gasteiger partial charge on any atom is -0.504 e. The molecule has 0 unspecified atom stereocenters. The van der Waals surface area contributed by atoms with Gasteiger partial charge < -0.3 is 20.0 Å². The summed E-state index contributed by atoms with van der Waals surface area (Å²) < 4.78 is 0. The molecule has 0 bridgehead atoms. The Balaban J connectivity index is 2.35. The fraction of sp³-hybridized carbons (Fsp3) is 0.273. The molecule has 96 valence electrons. The molecule has 0 aliphatic heterocycles. The Morgan fingerprint density at radius 3 is 2.33 bits per heavy atom. The number of anilines is 3. The van der Waals surface area contributed by atoms with E-state index in [-0.39, 0.29) is 11.5 Å². The van der Waals surface area contributed by atoms with E-state index in [1.54, 1.807) is 29.0 Å². The Kier molecular flexibility index (Phi) is 2.97. The molecule has 7 nitrogen and oxygen atoms in total. The highest BCUT2D eigenvalue weighted by Crippen LogP contribution is 2.36. The molecule has 0 amide bonds. The van der Waals surface area contributed by atoms with Gasteiger partial charge in [0.25, 0.3) is 0 Å². The van der Waals surface area contributed by atoms with Crippen molar-refractivity contribution in [1.29, 1.82) is 0 Å². The Morgan fingerprint density at radius 2 is 1.72 bits per heavy atom. The molecule has 0 atom stereocenters. The monoisotopic (exact) mass is 249 g/mol. The summed E-state index contributed by atoms with van der Waals surface area (Å²) in [6.45, 7) is 0. The molecular weight excluding hydrogens is 234 g/mol. The molecule has 1 aromatic carbocycles. The maximum atomic E-state index is 9.78. The van der Waals surface area contributed by atoms with Gasteiger partial charge in [-0.15, -0.1) is 10.2 Å². The maximum Gasteiger partial charge on any atom is 0.230 e. The molecule has 0 spiro atoms. The summed E-state index contributed by atoms with van der Waals surface area (Å²) >= 11 is 0. The minimum absolute atomic E-state index is 0.174. The van der Waals surface area contributed by atoms with Gasteiger partial charge in [-0.1, -0.05) is 6.07 Å². The first-order chi connectivity index (χ1) is 8.50. The summed E-state index contributed by atoms with van der Waals surface area (Å²) in [5.74, 6) is 0.714. The Labute approximate surface area is 104 Å². The van der Waals surface area contributed by atoms with Crippen LogP contribution in [0.25, 0.3) is 0 Å². The maximum absolute atomic E-state index is 9.78. The van der Waals surface area contributed by atoms with Gasteiger partial charge in [0.1, 0.15) is 0 Å². The van der Waals surface area contributed by atoms with Gasteiger partial charge in [-0.05, 0) is 12.1 Å². The van der Waals surface area contributed by atoms with E-state index in [1.807, 2.05) is 14.1 Å². The lowest BCUT2D eigenvalue weighted by Crippen LogP contribution is -2.12. The summed E-state index contributed by atoms with van der Waals surface area (Å²) in [6.07, 6.45) is 0. The van der Waals surface area contributed by atoms with Gasteiger partial charge in [0.05, 0.1) is 5.69 Å². The van der Waals surface area contributed by atoms with Crippen LogP contribution in [-0.4, -0.2) is 46.5 Å². The number of aromatic nitrogens is 3. The van der Waals surface area contributed by atoms with Crippen molar-refractivity contribution in [2.24, 2.45) is 0 Å². The van der Waals surface area contributed by atoms with Crippen LogP contribution in [0.1, 0.15) is 0 Å². The average molecular weight is 249 g/mol. The minimum atomic E-state index is -0.192. The van der Waals surface area contributed by atoms with Crippen LogP contribution in [0.3, 0.4) is 0 Å². The predicted molar refractivity (Wildman–Crippen MR) is 68.5 cm³/mol. The first-order valence-corrected chi connectivity index (χ1v) is 5.35. The van der Waals surface area contributed by atoms with Crippen LogP contribution in [0.15, 0.2) is 18.2 Å². The molecule has 0 radical (unpaired) electrons. The number of H-pyrrole nitrogens is 1. The lowest BCUT2D eigenvalue weighted by Gasteiger charge is -2.17. The summed E-state index contributed by atoms with van der Waals surface area (Å²) in [5.41, 5.74) is 0.441. The molecule has 0 aliphatic rings. The first-order valence-electron chi connectivity index (χ1n) is 5.35. The van der Waals surface area contributed by atoms with Crippen molar-refractivity contribution >= 4 is 17.6 Å². The summed E-state index contributed by atoms with van der Waals surface area (Å²) in [5, 5.41) is 27.2. The van der Waals surface area contributed by atoms with Gasteiger partial charge in [0.2, 0.25) is 11.9 Å². The second kappa shape index (κ2) is 4.44. The Morgan fingerprint density at radius 1 is 1.06 bits per heavy atom. The quantitative estimate of drug-likeness (QED) is 0.705. The number of nitrogens with zero attached hydrogens (tertiary/aromatic N) is 4. The van der Waals surface area contributed by atoms with Gasteiger partial charge >= 0.3 is 0 Å². The van der Waals surface area contributed by atoms with Gasteiger partial charge in [-0.25, -0.2) is 0 Å². The zero-order chi connectivity index (χ0) is 13.3. The molecule has 1 heterocycles. The number of phenolic OH excluding ortho intramolecular Hbond substituents is 2. The zero-order valence-electron chi connectivity index (χ0n) is 10.4. The van der Waals surface area contributed by atoms with Crippen molar-refractivity contribution in [3.05, 3.63) is 18.2 Å². The first kappa shape index (κ1) is 12.0. The van der Waals surface area contributed by atoms with Crippen molar-refractivity contribution in [3.63, 3.8) is 0 Å². The van der Waals surface area contributed by atoms with Crippen LogP contribution in [0, 0.1) is 0 Å². The number of benzene rings is 1. The molecular formula is C11H15N5O2. The van der Waals surface area contributed by atoms with Crippen LogP contribution in [0.2, 0.25) is 0 Å². The number of para-hydroxylation sites is 1. The smallest absolute Gasteiger partial charge is 0.230 e. The predicted octanol–water partition coefficient (Wildman–Crippen LogP) is 1.05. The highest BCUT2D eigenvalue weighted by Gasteiger charge is 2.15. The fourth-order valence-corrected chi connectivity index (χ4v) is 1.50. The van der Waals surface area contributed by atoms with E-state index >= 15 is 0 Å². The summed E-state index contributed by atoms with van der Waals surface area (Å²) in [6, 6.07) is 4.73. The average Bonchev–Trinajstić information content (AvgIpc) is 2.81. The van der Waals surface area contributed by atoms with Crippen molar-refractivity contribution in [1.82, 2.24) is 15.2 Å². The largest absolute Gasteiger partial charge is 0.504 e. The second-order valence-corrected chi connectivity index (χ2v) is 4.07. The standard InChI is InChI=1S/C11H15N5O2/c1-15(2)10-12-11(14-13-10)16(3)7-5-4-6-8(17)9(7)18/h4-6,17-18H,1-3H3,(H,12,13,14). The van der Waals surface area contributed by atoms with E-state index in [2.05, 4.69) is 15.2 Å². The van der Waals surface area contributed by atoms with Crippen molar-refractivity contribution in [2.45, 2.75) is 0 Å². The van der Waals surface area contributed by atoms with Crippen LogP contribution < -0.4 is 9.80 Å². The molecule has 1 aromatic heterocycles. The lowest BCUT2D eigenvalue weighted by molar-refractivity contribution is 0.404. The van der Waals surface area contributed by atoms with E-state index in [0.717, 1.165) is 0 Å². The van der Waals surface area contributed by atoms with Gasteiger partial charge in [0, 0.05) is 21.1 Å². The SMILES string of the molecule is CN(C)c1nnc(N(C)c2cccc(O)c2O)[nH]1. The van der Waals surface area contributed by atoms with Crippen LogP contribution >= 0.6 is 0 Å². The van der Waals surface area contributed by atoms with E-state index in [1.165, 1.54) is 6.07 Å². The zero-order valence-corrected chi connectivity index (χ0v) is 10.4. The number of hydrogen-bond acceptors (Lipinski definition) is 6. The number of aromatic hydroxyl groups is 2. The molecule has 0 saturated carbocycles. The molecule has 2 aromatic rings. The third-order valence-corrected chi connectivity index (χ3v) is 2.56. The Bertz CT molecular complexity index is 552. The molecule has 0 saturated heterocycles. The van der Waals surface area contributed by atoms with Crippen molar-refractivity contribution in [2.75, 3.05) is 30.9 Å². The summed E-state index contributed by atoms with van der Waals surface area (Å²) in [4.78, 5) is 6.39. The van der Waals surface area contributed by atoms with Gasteiger partial charge in [0.15, 0.2) is 11.5 Å². The molecule has 3 N–H and O–H groups in total. The third-order valence-electron chi connectivity index (χ3n) is 2.56. The normalized spacial score (nSPS) is 10.4. The Hall–Kier alpha value is -2.44. The van der Waals surface area contributed by atoms with E-state index in [4.69, 9.17) is 0 Å². The van der Waals surface area contributed by atoms with Crippen LogP contribution in [-0.2, 0) is 0 Å². The molecule has 0 aliphatic carbocycles. The van der Waals surface area contributed by atoms with E-state index in [9.17, 15) is 10.2 Å². The van der Waals surface area contributed by atoms with E-state index < -0.39 is 0 Å². The molecule has 7 heteroatoms. The topological polar surface area (TPSA) is 88.5 Å². The highest BCUT2D eigenvalue weighted by molar-refractivity contribution is 5.68. The van der Waals surface area contributed by atoms with Crippen molar-refractivity contribution < 1.29 is 10.2 Å². The number of aromatic amines is 1. The second-order valence-electron chi connectivity index (χ2n) is 4.07. The molecule has 18 heavy (non-hydrogen) atoms. The number of nitrogens with one attached hydrogen (secondary N) is 1. The fourth-order valence-electron chi connectivity index (χ4n) is 1.50. The third kappa shape index (κ3) is 2.02. The number of phenols is 2. The number of rotatable bonds is 3. The van der Waals surface area contributed by atoms with Gasteiger partial charge in [-0.3, -0.25) is 4.98 Å².